The van der Waals surface area contributed by atoms with Gasteiger partial charge < -0.3 is 19.2 Å². The fraction of sp³-hybridized carbons (Fsp3) is 0.0526. The van der Waals surface area contributed by atoms with Gasteiger partial charge in [-0.15, -0.1) is 0 Å². The summed E-state index contributed by atoms with van der Waals surface area (Å²) in [5, 5.41) is 8.86. The van der Waals surface area contributed by atoms with Crippen LogP contribution in [0.5, 0.6) is 5.75 Å². The molecule has 0 saturated heterocycles. The minimum absolute atomic E-state index is 0.102. The molecular formula is C19H14N2O4. The summed E-state index contributed by atoms with van der Waals surface area (Å²) in [6.45, 7) is 0.150. The third-order valence-corrected chi connectivity index (χ3v) is 3.75. The molecule has 2 heterocycles. The van der Waals surface area contributed by atoms with Gasteiger partial charge in [0.2, 0.25) is 5.76 Å². The zero-order valence-corrected chi connectivity index (χ0v) is 13.1. The number of rotatable bonds is 5. The number of nitrogens with one attached hydrogen (secondary N) is 1. The Morgan fingerprint density at radius 3 is 2.80 bits per heavy atom. The van der Waals surface area contributed by atoms with Crippen LogP contribution in [0.15, 0.2) is 65.1 Å². The number of nitrogens with zero attached hydrogens (tertiary/aromatic N) is 1. The van der Waals surface area contributed by atoms with Crippen molar-refractivity contribution in [2.75, 3.05) is 0 Å². The van der Waals surface area contributed by atoms with Crippen molar-refractivity contribution < 1.29 is 19.1 Å². The maximum atomic E-state index is 10.8. The Bertz CT molecular complexity index is 1020. The van der Waals surface area contributed by atoms with E-state index in [4.69, 9.17) is 14.3 Å². The summed E-state index contributed by atoms with van der Waals surface area (Å²) in [4.78, 5) is 18.7. The van der Waals surface area contributed by atoms with Crippen LogP contribution in [0.2, 0.25) is 0 Å². The first-order valence-corrected chi connectivity index (χ1v) is 7.69. The van der Waals surface area contributed by atoms with Crippen LogP contribution in [0.1, 0.15) is 16.3 Å². The lowest BCUT2D eigenvalue weighted by Crippen LogP contribution is -1.95. The number of hydrogen-bond donors (Lipinski definition) is 2. The fourth-order valence-electron chi connectivity index (χ4n) is 2.55. The Kier molecular flexibility index (Phi) is 3.70. The number of H-pyrrole nitrogens is 1. The van der Waals surface area contributed by atoms with Crippen LogP contribution in [0.3, 0.4) is 0 Å². The fourth-order valence-corrected chi connectivity index (χ4v) is 2.55. The highest BCUT2D eigenvalue weighted by Crippen LogP contribution is 2.24. The first kappa shape index (κ1) is 15.0. The van der Waals surface area contributed by atoms with Crippen LogP contribution in [-0.4, -0.2) is 21.0 Å². The number of fused-ring (bicyclic) bond motifs is 1. The minimum atomic E-state index is -1.10. The highest BCUT2D eigenvalue weighted by molar-refractivity contribution is 5.84. The molecule has 6 nitrogen and oxygen atoms in total. The third kappa shape index (κ3) is 3.10. The number of furan rings is 1. The van der Waals surface area contributed by atoms with Crippen LogP contribution in [-0.2, 0) is 6.61 Å². The number of para-hydroxylation sites is 2. The van der Waals surface area contributed by atoms with E-state index < -0.39 is 5.97 Å². The van der Waals surface area contributed by atoms with Crippen molar-refractivity contribution in [1.82, 2.24) is 9.97 Å². The zero-order chi connectivity index (χ0) is 17.2. The number of carbonyl (C=O) groups is 1. The number of aromatic amines is 1. The molecule has 0 fully saturated rings. The van der Waals surface area contributed by atoms with Gasteiger partial charge >= 0.3 is 5.97 Å². The van der Waals surface area contributed by atoms with E-state index in [1.54, 1.807) is 6.07 Å². The van der Waals surface area contributed by atoms with Crippen LogP contribution in [0, 0.1) is 0 Å². The second kappa shape index (κ2) is 6.16. The van der Waals surface area contributed by atoms with Crippen LogP contribution >= 0.6 is 0 Å². The Balaban J connectivity index is 1.53. The topological polar surface area (TPSA) is 88.4 Å². The number of ether oxygens (including phenoxy) is 1. The van der Waals surface area contributed by atoms with Crippen molar-refractivity contribution in [3.8, 4) is 17.1 Å². The van der Waals surface area contributed by atoms with Gasteiger partial charge in [0, 0.05) is 5.56 Å². The Hall–Kier alpha value is -3.54. The van der Waals surface area contributed by atoms with E-state index >= 15 is 0 Å². The molecule has 0 radical (unpaired) electrons. The van der Waals surface area contributed by atoms with E-state index in [2.05, 4.69) is 9.97 Å². The molecule has 0 amide bonds. The summed E-state index contributed by atoms with van der Waals surface area (Å²) >= 11 is 0. The number of aromatic carboxylic acids is 1. The van der Waals surface area contributed by atoms with Gasteiger partial charge in [0.1, 0.15) is 23.9 Å². The van der Waals surface area contributed by atoms with Crippen molar-refractivity contribution in [3.63, 3.8) is 0 Å². The molecular weight excluding hydrogens is 320 g/mol. The lowest BCUT2D eigenvalue weighted by Gasteiger charge is -2.05. The van der Waals surface area contributed by atoms with Gasteiger partial charge in [-0.25, -0.2) is 9.78 Å². The van der Waals surface area contributed by atoms with Gasteiger partial charge in [0.15, 0.2) is 0 Å². The molecule has 0 atom stereocenters. The molecule has 4 rings (SSSR count). The van der Waals surface area contributed by atoms with Crippen molar-refractivity contribution in [3.05, 3.63) is 72.2 Å². The first-order chi connectivity index (χ1) is 12.2. The number of carboxylic acid groups (broad SMARTS) is 1. The normalized spacial score (nSPS) is 10.9. The van der Waals surface area contributed by atoms with E-state index in [-0.39, 0.29) is 12.4 Å². The molecule has 25 heavy (non-hydrogen) atoms. The summed E-state index contributed by atoms with van der Waals surface area (Å²) in [7, 11) is 0. The van der Waals surface area contributed by atoms with Crippen molar-refractivity contribution >= 4 is 17.0 Å². The maximum absolute atomic E-state index is 10.8. The number of benzene rings is 2. The lowest BCUT2D eigenvalue weighted by atomic mass is 10.2. The molecule has 0 bridgehead atoms. The summed E-state index contributed by atoms with van der Waals surface area (Å²) in [5.41, 5.74) is 2.78. The van der Waals surface area contributed by atoms with Gasteiger partial charge in [-0.1, -0.05) is 24.3 Å². The third-order valence-electron chi connectivity index (χ3n) is 3.75. The maximum Gasteiger partial charge on any atom is 0.371 e. The molecule has 0 aliphatic carbocycles. The molecule has 0 spiro atoms. The van der Waals surface area contributed by atoms with E-state index in [1.165, 1.54) is 6.07 Å². The smallest absolute Gasteiger partial charge is 0.371 e. The minimum Gasteiger partial charge on any atom is -0.486 e. The largest absolute Gasteiger partial charge is 0.486 e. The van der Waals surface area contributed by atoms with Gasteiger partial charge in [-0.2, -0.15) is 0 Å². The van der Waals surface area contributed by atoms with Crippen LogP contribution in [0.25, 0.3) is 22.4 Å². The second-order valence-corrected chi connectivity index (χ2v) is 5.49. The molecule has 124 valence electrons. The quantitative estimate of drug-likeness (QED) is 0.573. The number of aromatic nitrogens is 2. The van der Waals surface area contributed by atoms with E-state index in [9.17, 15) is 4.79 Å². The summed E-state index contributed by atoms with van der Waals surface area (Å²) in [6, 6.07) is 18.3. The molecule has 2 N–H and O–H groups in total. The summed E-state index contributed by atoms with van der Waals surface area (Å²) in [5.74, 6) is 0.656. The van der Waals surface area contributed by atoms with Gasteiger partial charge in [0.25, 0.3) is 0 Å². The highest BCUT2D eigenvalue weighted by atomic mass is 16.5. The van der Waals surface area contributed by atoms with Crippen LogP contribution in [0.4, 0.5) is 0 Å². The predicted octanol–water partition coefficient (Wildman–Crippen LogP) is 4.10. The van der Waals surface area contributed by atoms with Crippen molar-refractivity contribution in [2.24, 2.45) is 0 Å². The van der Waals surface area contributed by atoms with Crippen molar-refractivity contribution in [2.45, 2.75) is 6.61 Å². The standard InChI is InChI=1S/C19H14N2O4/c22-19(23)17-9-8-14(25-17)11-24-13-5-3-4-12(10-13)18-20-15-6-1-2-7-16(15)21-18/h1-10H,11H2,(H,20,21)(H,22,23). The monoisotopic (exact) mass is 334 g/mol. The Labute approximate surface area is 142 Å². The summed E-state index contributed by atoms with van der Waals surface area (Å²) in [6.07, 6.45) is 0. The first-order valence-electron chi connectivity index (χ1n) is 7.69. The van der Waals surface area contributed by atoms with E-state index in [0.29, 0.717) is 11.5 Å². The summed E-state index contributed by atoms with van der Waals surface area (Å²) < 4.78 is 10.9. The van der Waals surface area contributed by atoms with Gasteiger partial charge in [0.05, 0.1) is 11.0 Å². The molecule has 0 unspecified atom stereocenters. The molecule has 0 aliphatic rings. The van der Waals surface area contributed by atoms with Crippen molar-refractivity contribution in [1.29, 1.82) is 0 Å². The number of carboxylic acids is 1. The Morgan fingerprint density at radius 1 is 1.12 bits per heavy atom. The molecule has 6 heteroatoms. The average molecular weight is 334 g/mol. The second-order valence-electron chi connectivity index (χ2n) is 5.49. The molecule has 2 aromatic heterocycles. The molecule has 2 aromatic carbocycles. The number of hydrogen-bond acceptors (Lipinski definition) is 4. The average Bonchev–Trinajstić information content (AvgIpc) is 3.27. The molecule has 4 aromatic rings. The lowest BCUT2D eigenvalue weighted by molar-refractivity contribution is 0.0658. The van der Waals surface area contributed by atoms with Crippen LogP contribution < -0.4 is 4.74 Å². The zero-order valence-electron chi connectivity index (χ0n) is 13.1. The Morgan fingerprint density at radius 2 is 2.00 bits per heavy atom. The van der Waals surface area contributed by atoms with E-state index in [1.807, 2.05) is 48.5 Å². The van der Waals surface area contributed by atoms with Gasteiger partial charge in [-0.3, -0.25) is 0 Å². The SMILES string of the molecule is O=C(O)c1ccc(COc2cccc(-c3nc4ccccc4[nH]3)c2)o1. The number of imidazole rings is 1. The molecule has 0 saturated carbocycles. The molecule has 0 aliphatic heterocycles. The van der Waals surface area contributed by atoms with Gasteiger partial charge in [-0.05, 0) is 36.4 Å². The predicted molar refractivity (Wildman–Crippen MR) is 91.5 cm³/mol. The highest BCUT2D eigenvalue weighted by Gasteiger charge is 2.10. The van der Waals surface area contributed by atoms with E-state index in [0.717, 1.165) is 22.4 Å².